The summed E-state index contributed by atoms with van der Waals surface area (Å²) in [4.78, 5) is 25.4. The molecule has 5 nitrogen and oxygen atoms in total. The molecule has 2 rings (SSSR count). The molecule has 0 aliphatic rings. The minimum absolute atomic E-state index is 0.0650. The molecule has 6 heteroatoms. The monoisotopic (exact) mass is 263 g/mol. The Bertz CT molecular complexity index is 649. The molecular weight excluding hydrogens is 249 g/mol. The Hall–Kier alpha value is -2.37. The predicted octanol–water partition coefficient (Wildman–Crippen LogP) is 1.33. The van der Waals surface area contributed by atoms with E-state index >= 15 is 0 Å². The van der Waals surface area contributed by atoms with Gasteiger partial charge in [-0.25, -0.2) is 4.39 Å². The van der Waals surface area contributed by atoms with Crippen molar-refractivity contribution in [2.45, 2.75) is 20.3 Å². The summed E-state index contributed by atoms with van der Waals surface area (Å²) in [7, 11) is 0. The Balaban J connectivity index is 2.24. The third-order valence-electron chi connectivity index (χ3n) is 2.80. The molecule has 0 aliphatic heterocycles. The minimum Gasteiger partial charge on any atom is -0.358 e. The molecule has 100 valence electrons. The van der Waals surface area contributed by atoms with Crippen molar-refractivity contribution >= 4 is 22.7 Å². The second-order valence-corrected chi connectivity index (χ2v) is 4.32. The van der Waals surface area contributed by atoms with E-state index in [0.29, 0.717) is 5.39 Å². The molecule has 0 fully saturated rings. The van der Waals surface area contributed by atoms with Crippen LogP contribution >= 0.6 is 0 Å². The number of aromatic nitrogens is 1. The number of amides is 2. The van der Waals surface area contributed by atoms with E-state index in [2.05, 4.69) is 15.8 Å². The second-order valence-electron chi connectivity index (χ2n) is 4.32. The van der Waals surface area contributed by atoms with E-state index in [1.165, 1.54) is 19.1 Å². The van der Waals surface area contributed by atoms with Gasteiger partial charge in [0.25, 0.3) is 0 Å². The van der Waals surface area contributed by atoms with Gasteiger partial charge in [-0.05, 0) is 30.7 Å². The maximum Gasteiger partial charge on any atom is 0.242 e. The van der Waals surface area contributed by atoms with Gasteiger partial charge in [-0.1, -0.05) is 0 Å². The first kappa shape index (κ1) is 13.1. The van der Waals surface area contributed by atoms with Gasteiger partial charge in [0.15, 0.2) is 0 Å². The van der Waals surface area contributed by atoms with Crippen LogP contribution in [0.5, 0.6) is 0 Å². The topological polar surface area (TPSA) is 74.0 Å². The van der Waals surface area contributed by atoms with Crippen LogP contribution in [0.15, 0.2) is 18.2 Å². The van der Waals surface area contributed by atoms with Crippen molar-refractivity contribution < 1.29 is 14.0 Å². The van der Waals surface area contributed by atoms with Crippen molar-refractivity contribution in [1.29, 1.82) is 0 Å². The molecule has 2 aromatic rings. The Morgan fingerprint density at radius 3 is 2.74 bits per heavy atom. The van der Waals surface area contributed by atoms with Crippen molar-refractivity contribution in [2.75, 3.05) is 0 Å². The van der Waals surface area contributed by atoms with Crippen LogP contribution in [0, 0.1) is 12.7 Å². The van der Waals surface area contributed by atoms with Crippen LogP contribution in [0.3, 0.4) is 0 Å². The van der Waals surface area contributed by atoms with E-state index in [4.69, 9.17) is 0 Å². The van der Waals surface area contributed by atoms with Crippen molar-refractivity contribution in [3.63, 3.8) is 0 Å². The molecule has 0 bridgehead atoms. The van der Waals surface area contributed by atoms with E-state index in [9.17, 15) is 14.0 Å². The van der Waals surface area contributed by atoms with Crippen LogP contribution in [0.2, 0.25) is 0 Å². The lowest BCUT2D eigenvalue weighted by Gasteiger charge is -2.05. The molecule has 0 spiro atoms. The van der Waals surface area contributed by atoms with Crippen LogP contribution in [0.4, 0.5) is 4.39 Å². The third-order valence-corrected chi connectivity index (χ3v) is 2.80. The van der Waals surface area contributed by atoms with Crippen LogP contribution < -0.4 is 10.9 Å². The van der Waals surface area contributed by atoms with Gasteiger partial charge in [0, 0.05) is 23.5 Å². The fourth-order valence-corrected chi connectivity index (χ4v) is 1.94. The van der Waals surface area contributed by atoms with Gasteiger partial charge in [-0.15, -0.1) is 0 Å². The summed E-state index contributed by atoms with van der Waals surface area (Å²) in [6.45, 7) is 3.12. The molecule has 0 saturated heterocycles. The number of benzene rings is 1. The number of hydrogen-bond donors (Lipinski definition) is 3. The summed E-state index contributed by atoms with van der Waals surface area (Å²) in [6.07, 6.45) is 0.0650. The lowest BCUT2D eigenvalue weighted by atomic mass is 10.1. The second kappa shape index (κ2) is 5.09. The van der Waals surface area contributed by atoms with E-state index in [1.54, 1.807) is 6.07 Å². The Kier molecular flexibility index (Phi) is 3.50. The van der Waals surface area contributed by atoms with Gasteiger partial charge in [-0.3, -0.25) is 20.4 Å². The molecule has 0 saturated carbocycles. The Labute approximate surface area is 109 Å². The van der Waals surface area contributed by atoms with Crippen LogP contribution in [-0.2, 0) is 16.0 Å². The SMILES string of the molecule is CC(=O)NNC(=O)Cc1c(C)[nH]c2ccc(F)cc12. The fraction of sp³-hybridized carbons (Fsp3) is 0.231. The zero-order valence-electron chi connectivity index (χ0n) is 10.6. The number of aryl methyl sites for hydroxylation is 1. The average molecular weight is 263 g/mol. The first-order valence-corrected chi connectivity index (χ1v) is 5.79. The van der Waals surface area contributed by atoms with Gasteiger partial charge in [0.1, 0.15) is 5.82 Å². The number of carbonyl (C=O) groups excluding carboxylic acids is 2. The van der Waals surface area contributed by atoms with Gasteiger partial charge in [0.05, 0.1) is 6.42 Å². The van der Waals surface area contributed by atoms with Crippen LogP contribution in [-0.4, -0.2) is 16.8 Å². The Morgan fingerprint density at radius 2 is 2.05 bits per heavy atom. The van der Waals surface area contributed by atoms with Crippen LogP contribution in [0.1, 0.15) is 18.2 Å². The molecule has 1 aromatic carbocycles. The molecular formula is C13H14FN3O2. The van der Waals surface area contributed by atoms with Crippen molar-refractivity contribution in [2.24, 2.45) is 0 Å². The standard InChI is InChI=1S/C13H14FN3O2/c1-7-10(6-13(19)17-16-8(2)18)11-5-9(14)3-4-12(11)15-7/h3-5,15H,6H2,1-2H3,(H,16,18)(H,17,19). The zero-order valence-corrected chi connectivity index (χ0v) is 10.6. The number of nitrogens with one attached hydrogen (secondary N) is 3. The molecule has 3 N–H and O–H groups in total. The fourth-order valence-electron chi connectivity index (χ4n) is 1.94. The van der Waals surface area contributed by atoms with Gasteiger partial charge in [-0.2, -0.15) is 0 Å². The lowest BCUT2D eigenvalue weighted by molar-refractivity contribution is -0.127. The number of H-pyrrole nitrogens is 1. The zero-order chi connectivity index (χ0) is 14.0. The number of hydrazine groups is 1. The number of hydrogen-bond acceptors (Lipinski definition) is 2. The lowest BCUT2D eigenvalue weighted by Crippen LogP contribution is -2.41. The molecule has 0 unspecified atom stereocenters. The van der Waals surface area contributed by atoms with Gasteiger partial charge in [0.2, 0.25) is 11.8 Å². The quantitative estimate of drug-likeness (QED) is 0.715. The number of rotatable bonds is 2. The number of fused-ring (bicyclic) bond motifs is 1. The molecule has 0 radical (unpaired) electrons. The van der Waals surface area contributed by atoms with Crippen molar-refractivity contribution in [1.82, 2.24) is 15.8 Å². The van der Waals surface area contributed by atoms with E-state index < -0.39 is 0 Å². The highest BCUT2D eigenvalue weighted by molar-refractivity contribution is 5.90. The molecule has 0 atom stereocenters. The maximum absolute atomic E-state index is 13.2. The highest BCUT2D eigenvalue weighted by Gasteiger charge is 2.13. The number of aromatic amines is 1. The molecule has 19 heavy (non-hydrogen) atoms. The molecule has 1 aromatic heterocycles. The van der Waals surface area contributed by atoms with Crippen molar-refractivity contribution in [3.05, 3.63) is 35.3 Å². The normalized spacial score (nSPS) is 10.5. The first-order chi connectivity index (χ1) is 8.97. The molecule has 1 heterocycles. The van der Waals surface area contributed by atoms with Gasteiger partial charge < -0.3 is 4.98 Å². The first-order valence-electron chi connectivity index (χ1n) is 5.79. The van der Waals surface area contributed by atoms with E-state index in [0.717, 1.165) is 16.8 Å². The maximum atomic E-state index is 13.2. The van der Waals surface area contributed by atoms with E-state index in [1.807, 2.05) is 6.92 Å². The largest absolute Gasteiger partial charge is 0.358 e. The summed E-state index contributed by atoms with van der Waals surface area (Å²) >= 11 is 0. The van der Waals surface area contributed by atoms with Gasteiger partial charge >= 0.3 is 0 Å². The average Bonchev–Trinajstić information content (AvgIpc) is 2.63. The smallest absolute Gasteiger partial charge is 0.242 e. The highest BCUT2D eigenvalue weighted by atomic mass is 19.1. The van der Waals surface area contributed by atoms with Crippen molar-refractivity contribution in [3.8, 4) is 0 Å². The highest BCUT2D eigenvalue weighted by Crippen LogP contribution is 2.23. The summed E-state index contributed by atoms with van der Waals surface area (Å²) in [5, 5.41) is 0.676. The molecule has 2 amide bonds. The Morgan fingerprint density at radius 1 is 1.32 bits per heavy atom. The number of halogens is 1. The van der Waals surface area contributed by atoms with Crippen LogP contribution in [0.25, 0.3) is 10.9 Å². The molecule has 0 aliphatic carbocycles. The summed E-state index contributed by atoms with van der Waals surface area (Å²) < 4.78 is 13.2. The van der Waals surface area contributed by atoms with E-state index in [-0.39, 0.29) is 24.1 Å². The number of carbonyl (C=O) groups is 2. The third kappa shape index (κ3) is 2.90. The predicted molar refractivity (Wildman–Crippen MR) is 68.7 cm³/mol. The summed E-state index contributed by atoms with van der Waals surface area (Å²) in [5.74, 6) is -1.06. The summed E-state index contributed by atoms with van der Waals surface area (Å²) in [6, 6.07) is 4.38. The summed E-state index contributed by atoms with van der Waals surface area (Å²) in [5.41, 5.74) is 6.80. The minimum atomic E-state index is -0.358.